The second-order valence-corrected chi connectivity index (χ2v) is 2.16. The zero-order valence-corrected chi connectivity index (χ0v) is 5.33. The van der Waals surface area contributed by atoms with Crippen molar-refractivity contribution in [1.82, 2.24) is 0 Å². The fourth-order valence-electron chi connectivity index (χ4n) is 0.226. The van der Waals surface area contributed by atoms with Crippen molar-refractivity contribution in [3.8, 4) is 0 Å². The summed E-state index contributed by atoms with van der Waals surface area (Å²) in [5, 5.41) is 0. The molecule has 0 saturated heterocycles. The third-order valence-electron chi connectivity index (χ3n) is 0.463. The third kappa shape index (κ3) is 6.27. The van der Waals surface area contributed by atoms with Crippen molar-refractivity contribution in [2.24, 2.45) is 5.73 Å². The van der Waals surface area contributed by atoms with E-state index in [4.69, 9.17) is 10.5 Å². The topological polar surface area (TPSA) is 35.2 Å². The van der Waals surface area contributed by atoms with Crippen LogP contribution in [0.3, 0.4) is 0 Å². The number of hydrogen-bond acceptors (Lipinski definition) is 3. The molecule has 7 heavy (non-hydrogen) atoms. The van der Waals surface area contributed by atoms with Gasteiger partial charge in [-0.05, 0) is 0 Å². The van der Waals surface area contributed by atoms with Gasteiger partial charge in [0.15, 0.2) is 0 Å². The van der Waals surface area contributed by atoms with Crippen LogP contribution < -0.4 is 5.73 Å². The van der Waals surface area contributed by atoms with Crippen molar-refractivity contribution in [2.45, 2.75) is 0 Å². The van der Waals surface area contributed by atoms with Crippen molar-refractivity contribution >= 4 is 11.8 Å². The predicted molar refractivity (Wildman–Crippen MR) is 33.4 cm³/mol. The first-order chi connectivity index (χ1) is 3.41. The van der Waals surface area contributed by atoms with E-state index in [0.29, 0.717) is 0 Å². The largest absolute Gasteiger partial charge is 0.374 e. The lowest BCUT2D eigenvalue weighted by Gasteiger charge is -1.93. The predicted octanol–water partition coefficient (Wildman–Crippen LogP) is 0.282. The number of nitrogens with two attached hydrogens (primary N) is 1. The monoisotopic (exact) mass is 121 g/mol. The minimum Gasteiger partial charge on any atom is -0.374 e. The molecule has 0 rings (SSSR count). The summed E-state index contributed by atoms with van der Waals surface area (Å²) in [6, 6.07) is 0. The van der Waals surface area contributed by atoms with Crippen LogP contribution in [0.4, 0.5) is 0 Å². The second-order valence-electron chi connectivity index (χ2n) is 1.10. The van der Waals surface area contributed by atoms with Gasteiger partial charge in [0.2, 0.25) is 0 Å². The SMILES string of the molecule is COCSCCN. The highest BCUT2D eigenvalue weighted by Gasteiger charge is 1.79. The first-order valence-corrected chi connectivity index (χ1v) is 3.34. The van der Waals surface area contributed by atoms with Gasteiger partial charge in [0, 0.05) is 19.4 Å². The van der Waals surface area contributed by atoms with Crippen LogP contribution in [-0.2, 0) is 4.74 Å². The second kappa shape index (κ2) is 6.27. The summed E-state index contributed by atoms with van der Waals surface area (Å²) >= 11 is 1.71. The lowest BCUT2D eigenvalue weighted by molar-refractivity contribution is 0.259. The summed E-state index contributed by atoms with van der Waals surface area (Å²) in [5.74, 6) is 1.76. The Morgan fingerprint density at radius 2 is 2.43 bits per heavy atom. The van der Waals surface area contributed by atoms with Gasteiger partial charge >= 0.3 is 0 Å². The molecule has 0 aromatic rings. The maximum atomic E-state index is 5.19. The quantitative estimate of drug-likeness (QED) is 0.428. The number of ether oxygens (including phenoxy) is 1. The molecule has 2 nitrogen and oxygen atoms in total. The Hall–Kier alpha value is 0.270. The number of rotatable bonds is 4. The molecule has 0 bridgehead atoms. The average Bonchev–Trinajstić information content (AvgIpc) is 1.69. The Labute approximate surface area is 48.4 Å². The zero-order chi connectivity index (χ0) is 5.54. The maximum Gasteiger partial charge on any atom is 0.0917 e. The molecule has 0 saturated carbocycles. The Morgan fingerprint density at radius 1 is 1.71 bits per heavy atom. The molecule has 44 valence electrons. The van der Waals surface area contributed by atoms with Crippen LogP contribution in [0.25, 0.3) is 0 Å². The van der Waals surface area contributed by atoms with E-state index in [1.165, 1.54) is 0 Å². The van der Waals surface area contributed by atoms with Crippen LogP contribution >= 0.6 is 11.8 Å². The van der Waals surface area contributed by atoms with Crippen molar-refractivity contribution in [3.05, 3.63) is 0 Å². The van der Waals surface area contributed by atoms with Crippen LogP contribution in [0.5, 0.6) is 0 Å². The fourth-order valence-corrected chi connectivity index (χ4v) is 0.677. The summed E-state index contributed by atoms with van der Waals surface area (Å²) in [7, 11) is 1.68. The molecule has 0 aliphatic rings. The van der Waals surface area contributed by atoms with E-state index in [0.717, 1.165) is 18.2 Å². The maximum absolute atomic E-state index is 5.19. The summed E-state index contributed by atoms with van der Waals surface area (Å²) in [6.07, 6.45) is 0. The lowest BCUT2D eigenvalue weighted by atomic mass is 10.8. The van der Waals surface area contributed by atoms with Gasteiger partial charge in [-0.15, -0.1) is 11.8 Å². The number of hydrogen-bond donors (Lipinski definition) is 1. The molecule has 0 radical (unpaired) electrons. The Bertz CT molecular complexity index is 30.9. The highest BCUT2D eigenvalue weighted by Crippen LogP contribution is 1.95. The van der Waals surface area contributed by atoms with Gasteiger partial charge in [0.05, 0.1) is 5.94 Å². The zero-order valence-electron chi connectivity index (χ0n) is 4.52. The standard InChI is InChI=1S/C4H11NOS/c1-6-4-7-3-2-5/h2-5H2,1H3. The van der Waals surface area contributed by atoms with E-state index in [2.05, 4.69) is 0 Å². The molecular formula is C4H11NOS. The third-order valence-corrected chi connectivity index (χ3v) is 1.39. The van der Waals surface area contributed by atoms with Crippen LogP contribution in [-0.4, -0.2) is 25.3 Å². The van der Waals surface area contributed by atoms with E-state index in [9.17, 15) is 0 Å². The fraction of sp³-hybridized carbons (Fsp3) is 1.00. The highest BCUT2D eigenvalue weighted by molar-refractivity contribution is 7.99. The van der Waals surface area contributed by atoms with Gasteiger partial charge in [-0.1, -0.05) is 0 Å². The summed E-state index contributed by atoms with van der Waals surface area (Å²) in [4.78, 5) is 0. The highest BCUT2D eigenvalue weighted by atomic mass is 32.2. The van der Waals surface area contributed by atoms with Crippen LogP contribution in [0.15, 0.2) is 0 Å². The molecule has 0 amide bonds. The molecule has 3 heteroatoms. The minimum absolute atomic E-state index is 0.744. The normalized spacial score (nSPS) is 9.43. The van der Waals surface area contributed by atoms with Crippen molar-refractivity contribution in [2.75, 3.05) is 25.3 Å². The lowest BCUT2D eigenvalue weighted by Crippen LogP contribution is -2.01. The van der Waals surface area contributed by atoms with Gasteiger partial charge in [-0.25, -0.2) is 0 Å². The molecular weight excluding hydrogens is 110 g/mol. The van der Waals surface area contributed by atoms with Crippen molar-refractivity contribution in [3.63, 3.8) is 0 Å². The molecule has 0 aliphatic heterocycles. The molecule has 2 N–H and O–H groups in total. The van der Waals surface area contributed by atoms with Gasteiger partial charge in [0.1, 0.15) is 0 Å². The van der Waals surface area contributed by atoms with Gasteiger partial charge in [-0.3, -0.25) is 0 Å². The molecule has 0 spiro atoms. The van der Waals surface area contributed by atoms with E-state index >= 15 is 0 Å². The summed E-state index contributed by atoms with van der Waals surface area (Å²) in [5.41, 5.74) is 5.19. The Kier molecular flexibility index (Phi) is 6.51. The first kappa shape index (κ1) is 7.27. The Morgan fingerprint density at radius 3 is 2.86 bits per heavy atom. The molecule has 0 aliphatic carbocycles. The van der Waals surface area contributed by atoms with E-state index < -0.39 is 0 Å². The molecule has 0 heterocycles. The van der Waals surface area contributed by atoms with E-state index in [1.807, 2.05) is 0 Å². The van der Waals surface area contributed by atoms with Gasteiger partial charge in [-0.2, -0.15) is 0 Å². The Balaban J connectivity index is 2.45. The van der Waals surface area contributed by atoms with Crippen molar-refractivity contribution < 1.29 is 4.74 Å². The van der Waals surface area contributed by atoms with Crippen LogP contribution in [0.1, 0.15) is 0 Å². The molecule has 0 unspecified atom stereocenters. The van der Waals surface area contributed by atoms with E-state index in [-0.39, 0.29) is 0 Å². The molecule has 0 atom stereocenters. The first-order valence-electron chi connectivity index (χ1n) is 2.18. The van der Waals surface area contributed by atoms with Crippen LogP contribution in [0, 0.1) is 0 Å². The van der Waals surface area contributed by atoms with Crippen molar-refractivity contribution in [1.29, 1.82) is 0 Å². The molecule has 0 aromatic heterocycles. The number of thioether (sulfide) groups is 1. The van der Waals surface area contributed by atoms with Gasteiger partial charge in [0.25, 0.3) is 0 Å². The average molecular weight is 121 g/mol. The van der Waals surface area contributed by atoms with E-state index in [1.54, 1.807) is 18.9 Å². The molecule has 0 aromatic carbocycles. The molecule has 0 fully saturated rings. The number of methoxy groups -OCH3 is 1. The summed E-state index contributed by atoms with van der Waals surface area (Å²) < 4.78 is 4.75. The minimum atomic E-state index is 0.744. The smallest absolute Gasteiger partial charge is 0.0917 e. The summed E-state index contributed by atoms with van der Waals surface area (Å²) in [6.45, 7) is 0.744. The van der Waals surface area contributed by atoms with Crippen LogP contribution in [0.2, 0.25) is 0 Å². The van der Waals surface area contributed by atoms with Gasteiger partial charge < -0.3 is 10.5 Å².